The Kier molecular flexibility index (Phi) is 4.83. The van der Waals surface area contributed by atoms with Gasteiger partial charge in [0.2, 0.25) is 5.10 Å². The largest absolute Gasteiger partial charge is 0.374 e. The highest BCUT2D eigenvalue weighted by atomic mass is 15.3. The Morgan fingerprint density at radius 3 is 1.72 bits per heavy atom. The topological polar surface area (TPSA) is 20.6 Å². The van der Waals surface area contributed by atoms with Crippen molar-refractivity contribution in [3.05, 3.63) is 17.7 Å². The van der Waals surface area contributed by atoms with Gasteiger partial charge >= 0.3 is 5.82 Å². The van der Waals surface area contributed by atoms with Crippen LogP contribution >= 0.6 is 0 Å². The first-order valence-corrected chi connectivity index (χ1v) is 7.13. The van der Waals surface area contributed by atoms with E-state index in [1.54, 1.807) is 0 Å². The Balaban J connectivity index is 3.50. The lowest BCUT2D eigenvalue weighted by molar-refractivity contribution is -0.821. The average molecular weight is 251 g/mol. The number of nitrogens with zero attached hydrogens (tertiary/aromatic N) is 3. The van der Waals surface area contributed by atoms with Gasteiger partial charge in [0.15, 0.2) is 12.2 Å². The van der Waals surface area contributed by atoms with Gasteiger partial charge in [-0.25, -0.2) is 4.57 Å². The summed E-state index contributed by atoms with van der Waals surface area (Å²) in [5.41, 5.74) is 1.31. The van der Waals surface area contributed by atoms with Crippen LogP contribution in [0, 0.1) is 0 Å². The summed E-state index contributed by atoms with van der Waals surface area (Å²) in [5, 5.41) is 4.89. The molecule has 1 aromatic heterocycles. The van der Waals surface area contributed by atoms with Crippen LogP contribution in [0.4, 0.5) is 0 Å². The third-order valence-corrected chi connectivity index (χ3v) is 3.16. The first-order valence-electron chi connectivity index (χ1n) is 7.13. The summed E-state index contributed by atoms with van der Waals surface area (Å²) < 4.78 is 4.50. The smallest absolute Gasteiger partial charge is 0.220 e. The molecule has 0 N–H and O–H groups in total. The van der Waals surface area contributed by atoms with Crippen LogP contribution in [0.25, 0.3) is 0 Å². The molecule has 1 heterocycles. The molecule has 0 spiro atoms. The summed E-state index contributed by atoms with van der Waals surface area (Å²) in [6.45, 7) is 17.7. The summed E-state index contributed by atoms with van der Waals surface area (Å²) in [5.74, 6) is 2.10. The SMILES string of the molecule is CC(C)c1n[n+](C(C)C)c(C(C)C)c[n+]1C(C)C. The van der Waals surface area contributed by atoms with Crippen molar-refractivity contribution in [3.8, 4) is 0 Å². The molecule has 102 valence electrons. The third-order valence-electron chi connectivity index (χ3n) is 3.16. The molecule has 3 heteroatoms. The number of aromatic nitrogens is 3. The minimum Gasteiger partial charge on any atom is -0.220 e. The van der Waals surface area contributed by atoms with E-state index in [1.165, 1.54) is 11.5 Å². The van der Waals surface area contributed by atoms with Crippen LogP contribution in [0.3, 0.4) is 0 Å². The maximum Gasteiger partial charge on any atom is 0.374 e. The summed E-state index contributed by atoms with van der Waals surface area (Å²) in [6, 6.07) is 0.857. The van der Waals surface area contributed by atoms with Crippen LogP contribution in [0.5, 0.6) is 0 Å². The second-order valence-electron chi connectivity index (χ2n) is 6.26. The summed E-state index contributed by atoms with van der Waals surface area (Å²) in [4.78, 5) is 0. The fourth-order valence-corrected chi connectivity index (χ4v) is 2.14. The van der Waals surface area contributed by atoms with Crippen molar-refractivity contribution in [2.45, 2.75) is 79.3 Å². The van der Waals surface area contributed by atoms with Gasteiger partial charge in [0.05, 0.1) is 12.0 Å². The van der Waals surface area contributed by atoms with Gasteiger partial charge in [-0.3, -0.25) is 0 Å². The van der Waals surface area contributed by atoms with E-state index in [0.717, 1.165) is 0 Å². The van der Waals surface area contributed by atoms with E-state index in [9.17, 15) is 0 Å². The van der Waals surface area contributed by atoms with Gasteiger partial charge in [0.25, 0.3) is 5.69 Å². The molecule has 1 aromatic rings. The predicted molar refractivity (Wildman–Crippen MR) is 73.6 cm³/mol. The van der Waals surface area contributed by atoms with Gasteiger partial charge in [-0.2, -0.15) is 0 Å². The van der Waals surface area contributed by atoms with E-state index in [-0.39, 0.29) is 0 Å². The van der Waals surface area contributed by atoms with Gasteiger partial charge < -0.3 is 0 Å². The van der Waals surface area contributed by atoms with E-state index >= 15 is 0 Å². The van der Waals surface area contributed by atoms with Crippen LogP contribution in [0.15, 0.2) is 6.20 Å². The first-order chi connectivity index (χ1) is 8.25. The Labute approximate surface area is 112 Å². The van der Waals surface area contributed by atoms with Gasteiger partial charge in [-0.05, 0) is 13.8 Å². The van der Waals surface area contributed by atoms with Gasteiger partial charge in [-0.15, -0.1) is 0 Å². The molecular weight excluding hydrogens is 222 g/mol. The lowest BCUT2D eigenvalue weighted by atomic mass is 10.1. The van der Waals surface area contributed by atoms with Crippen LogP contribution < -0.4 is 9.25 Å². The molecule has 0 amide bonds. The fraction of sp³-hybridized carbons (Fsp3) is 0.800. The Hall–Kier alpha value is -0.990. The monoisotopic (exact) mass is 251 g/mol. The van der Waals surface area contributed by atoms with Crippen molar-refractivity contribution in [2.24, 2.45) is 0 Å². The van der Waals surface area contributed by atoms with Crippen molar-refractivity contribution in [2.75, 3.05) is 0 Å². The molecule has 0 aliphatic heterocycles. The van der Waals surface area contributed by atoms with Crippen LogP contribution in [-0.2, 0) is 0 Å². The zero-order valence-corrected chi connectivity index (χ0v) is 13.2. The summed E-state index contributed by atoms with van der Waals surface area (Å²) in [7, 11) is 0. The standard InChI is InChI=1S/C15H29N3/c1-10(2)14-9-17(12(5)6)15(11(3)4)16-18(14)13(7)8/h9-13H,1-8H3/q+2. The first kappa shape index (κ1) is 15.1. The van der Waals surface area contributed by atoms with Gasteiger partial charge in [0.1, 0.15) is 0 Å². The molecule has 0 aliphatic carbocycles. The molecule has 0 saturated carbocycles. The Morgan fingerprint density at radius 2 is 1.39 bits per heavy atom. The molecule has 0 aliphatic rings. The van der Waals surface area contributed by atoms with E-state index in [0.29, 0.717) is 23.9 Å². The van der Waals surface area contributed by atoms with E-state index in [2.05, 4.69) is 70.8 Å². The molecule has 0 aromatic carbocycles. The second kappa shape index (κ2) is 5.77. The second-order valence-corrected chi connectivity index (χ2v) is 6.26. The molecule has 3 nitrogen and oxygen atoms in total. The highest BCUT2D eigenvalue weighted by Gasteiger charge is 2.33. The van der Waals surface area contributed by atoms with Crippen LogP contribution in [0.1, 0.15) is 90.8 Å². The summed E-state index contributed by atoms with van der Waals surface area (Å²) >= 11 is 0. The molecule has 0 unspecified atom stereocenters. The maximum absolute atomic E-state index is 4.89. The quantitative estimate of drug-likeness (QED) is 0.753. The van der Waals surface area contributed by atoms with Crippen LogP contribution in [0.2, 0.25) is 0 Å². The number of rotatable bonds is 4. The molecule has 0 bridgehead atoms. The van der Waals surface area contributed by atoms with Crippen molar-refractivity contribution in [1.29, 1.82) is 0 Å². The molecule has 0 fully saturated rings. The van der Waals surface area contributed by atoms with Crippen LogP contribution in [-0.4, -0.2) is 5.10 Å². The van der Waals surface area contributed by atoms with Crippen molar-refractivity contribution < 1.29 is 9.25 Å². The molecule has 0 saturated heterocycles. The van der Waals surface area contributed by atoms with E-state index in [4.69, 9.17) is 5.10 Å². The fourth-order valence-electron chi connectivity index (χ4n) is 2.14. The summed E-state index contributed by atoms with van der Waals surface area (Å²) in [6.07, 6.45) is 2.29. The lowest BCUT2D eigenvalue weighted by Crippen LogP contribution is -2.54. The zero-order chi connectivity index (χ0) is 14.0. The van der Waals surface area contributed by atoms with Gasteiger partial charge in [0, 0.05) is 24.4 Å². The van der Waals surface area contributed by atoms with Crippen molar-refractivity contribution in [1.82, 2.24) is 5.10 Å². The molecule has 0 atom stereocenters. The molecular formula is C15H29N3+2. The maximum atomic E-state index is 4.89. The number of hydrogen-bond acceptors (Lipinski definition) is 1. The van der Waals surface area contributed by atoms with Crippen molar-refractivity contribution in [3.63, 3.8) is 0 Å². The molecule has 0 radical (unpaired) electrons. The van der Waals surface area contributed by atoms with E-state index < -0.39 is 0 Å². The minimum absolute atomic E-state index is 0.404. The molecule has 18 heavy (non-hydrogen) atoms. The third kappa shape index (κ3) is 3.06. The predicted octanol–water partition coefficient (Wildman–Crippen LogP) is 3.07. The Morgan fingerprint density at radius 1 is 0.833 bits per heavy atom. The highest BCUT2D eigenvalue weighted by Crippen LogP contribution is 2.13. The zero-order valence-electron chi connectivity index (χ0n) is 13.2. The normalized spacial score (nSPS) is 12.2. The average Bonchev–Trinajstić information content (AvgIpc) is 2.26. The highest BCUT2D eigenvalue weighted by molar-refractivity contribution is 4.91. The van der Waals surface area contributed by atoms with Crippen molar-refractivity contribution >= 4 is 0 Å². The number of hydrogen-bond donors (Lipinski definition) is 0. The lowest BCUT2D eigenvalue weighted by Gasteiger charge is -2.11. The Bertz CT molecular complexity index is 332. The van der Waals surface area contributed by atoms with Gasteiger partial charge in [-0.1, -0.05) is 27.7 Å². The minimum atomic E-state index is 0.404. The molecule has 1 rings (SSSR count). The van der Waals surface area contributed by atoms with E-state index in [1.807, 2.05) is 0 Å².